The molecule has 2 aromatic rings. The average molecular weight is 259 g/mol. The minimum Gasteiger partial charge on any atom is -0.475 e. The molecule has 0 amide bonds. The molecule has 0 aliphatic rings. The lowest BCUT2D eigenvalue weighted by Gasteiger charge is -2.20. The third-order valence-electron chi connectivity index (χ3n) is 3.28. The monoisotopic (exact) mass is 259 g/mol. The van der Waals surface area contributed by atoms with Gasteiger partial charge in [0.1, 0.15) is 0 Å². The Morgan fingerprint density at radius 3 is 2.63 bits per heavy atom. The highest BCUT2D eigenvalue weighted by molar-refractivity contribution is 5.86. The second kappa shape index (κ2) is 5.18. The van der Waals surface area contributed by atoms with Crippen molar-refractivity contribution in [1.82, 2.24) is 0 Å². The van der Waals surface area contributed by atoms with Gasteiger partial charge in [0, 0.05) is 24.8 Å². The summed E-state index contributed by atoms with van der Waals surface area (Å²) in [6.07, 6.45) is 1.41. The van der Waals surface area contributed by atoms with Crippen LogP contribution in [-0.4, -0.2) is 18.1 Å². The lowest BCUT2D eigenvalue weighted by atomic mass is 10.1. The van der Waals surface area contributed by atoms with Crippen LogP contribution in [0.25, 0.3) is 0 Å². The Balaban J connectivity index is 2.20. The van der Waals surface area contributed by atoms with Crippen LogP contribution in [0.4, 0.5) is 5.69 Å². The van der Waals surface area contributed by atoms with Crippen molar-refractivity contribution >= 4 is 11.7 Å². The van der Waals surface area contributed by atoms with Gasteiger partial charge in [-0.1, -0.05) is 6.07 Å². The summed E-state index contributed by atoms with van der Waals surface area (Å²) in [7, 11) is 1.93. The summed E-state index contributed by atoms with van der Waals surface area (Å²) < 4.78 is 4.98. The van der Waals surface area contributed by atoms with Gasteiger partial charge < -0.3 is 14.4 Å². The predicted octanol–water partition coefficient (Wildman–Crippen LogP) is 3.23. The van der Waals surface area contributed by atoms with Gasteiger partial charge in [-0.05, 0) is 43.2 Å². The second-order valence-corrected chi connectivity index (χ2v) is 4.70. The maximum absolute atomic E-state index is 11.0. The summed E-state index contributed by atoms with van der Waals surface area (Å²) in [5.74, 6) is -1.02. The molecular weight excluding hydrogens is 242 g/mol. The Morgan fingerprint density at radius 1 is 1.26 bits per heavy atom. The Hall–Kier alpha value is -2.23. The van der Waals surface area contributed by atoms with Gasteiger partial charge in [-0.15, -0.1) is 0 Å². The number of hydrogen-bond donors (Lipinski definition) is 1. The Morgan fingerprint density at radius 2 is 2.00 bits per heavy atom. The van der Waals surface area contributed by atoms with E-state index in [1.807, 2.05) is 18.0 Å². The van der Waals surface area contributed by atoms with E-state index in [1.54, 1.807) is 6.07 Å². The molecule has 0 saturated heterocycles. The van der Waals surface area contributed by atoms with Crippen LogP contribution in [0, 0.1) is 13.8 Å². The van der Waals surface area contributed by atoms with Crippen LogP contribution in [0.1, 0.15) is 27.2 Å². The minimum atomic E-state index is -1.03. The predicted molar refractivity (Wildman–Crippen MR) is 73.7 cm³/mol. The van der Waals surface area contributed by atoms with E-state index in [1.165, 1.54) is 17.4 Å². The van der Waals surface area contributed by atoms with Gasteiger partial charge in [0.25, 0.3) is 0 Å². The van der Waals surface area contributed by atoms with E-state index >= 15 is 0 Å². The number of anilines is 1. The van der Waals surface area contributed by atoms with Crippen LogP contribution in [0.2, 0.25) is 0 Å². The van der Waals surface area contributed by atoms with E-state index in [0.717, 1.165) is 5.69 Å². The first-order chi connectivity index (χ1) is 8.99. The van der Waals surface area contributed by atoms with E-state index in [9.17, 15) is 4.79 Å². The van der Waals surface area contributed by atoms with Crippen molar-refractivity contribution in [3.8, 4) is 0 Å². The first-order valence-corrected chi connectivity index (χ1v) is 6.07. The number of carbonyl (C=O) groups is 1. The number of aryl methyl sites for hydroxylation is 2. The van der Waals surface area contributed by atoms with Crippen molar-refractivity contribution in [2.45, 2.75) is 20.4 Å². The van der Waals surface area contributed by atoms with E-state index in [4.69, 9.17) is 9.52 Å². The van der Waals surface area contributed by atoms with Crippen LogP contribution >= 0.6 is 0 Å². The van der Waals surface area contributed by atoms with Crippen molar-refractivity contribution in [2.24, 2.45) is 0 Å². The fraction of sp³-hybridized carbons (Fsp3) is 0.267. The van der Waals surface area contributed by atoms with Gasteiger partial charge in [0.15, 0.2) is 0 Å². The van der Waals surface area contributed by atoms with Crippen LogP contribution < -0.4 is 4.90 Å². The quantitative estimate of drug-likeness (QED) is 0.915. The van der Waals surface area contributed by atoms with Crippen LogP contribution in [-0.2, 0) is 6.54 Å². The zero-order valence-corrected chi connectivity index (χ0v) is 11.3. The van der Waals surface area contributed by atoms with E-state index < -0.39 is 5.97 Å². The molecule has 0 bridgehead atoms. The summed E-state index contributed by atoms with van der Waals surface area (Å²) in [5.41, 5.74) is 4.19. The third kappa shape index (κ3) is 2.78. The minimum absolute atomic E-state index is 0.00989. The Bertz CT molecular complexity index is 601. The zero-order valence-electron chi connectivity index (χ0n) is 11.3. The standard InChI is InChI=1S/C15H17NO3/c1-10-4-5-13(8-11(10)2)16(3)9-12-6-7-19-14(12)15(17)18/h4-8H,9H2,1-3H3,(H,17,18). The Labute approximate surface area is 112 Å². The molecule has 1 N–H and O–H groups in total. The highest BCUT2D eigenvalue weighted by Crippen LogP contribution is 2.21. The van der Waals surface area contributed by atoms with Gasteiger partial charge in [-0.2, -0.15) is 0 Å². The van der Waals surface area contributed by atoms with Crippen molar-refractivity contribution in [3.05, 3.63) is 53.0 Å². The van der Waals surface area contributed by atoms with Gasteiger partial charge >= 0.3 is 5.97 Å². The second-order valence-electron chi connectivity index (χ2n) is 4.70. The van der Waals surface area contributed by atoms with E-state index in [0.29, 0.717) is 12.1 Å². The van der Waals surface area contributed by atoms with Gasteiger partial charge in [-0.3, -0.25) is 0 Å². The topological polar surface area (TPSA) is 53.7 Å². The highest BCUT2D eigenvalue weighted by Gasteiger charge is 2.15. The van der Waals surface area contributed by atoms with Crippen molar-refractivity contribution in [2.75, 3.05) is 11.9 Å². The smallest absolute Gasteiger partial charge is 0.372 e. The first kappa shape index (κ1) is 13.2. The number of hydrogen-bond acceptors (Lipinski definition) is 3. The first-order valence-electron chi connectivity index (χ1n) is 6.07. The number of aromatic carboxylic acids is 1. The van der Waals surface area contributed by atoms with E-state index in [-0.39, 0.29) is 5.76 Å². The SMILES string of the molecule is Cc1ccc(N(C)Cc2ccoc2C(=O)O)cc1C. The van der Waals surface area contributed by atoms with Gasteiger partial charge in [-0.25, -0.2) is 4.79 Å². The van der Waals surface area contributed by atoms with Crippen LogP contribution in [0.3, 0.4) is 0 Å². The third-order valence-corrected chi connectivity index (χ3v) is 3.28. The molecule has 1 aromatic heterocycles. The molecule has 100 valence electrons. The van der Waals surface area contributed by atoms with Crippen LogP contribution in [0.15, 0.2) is 34.9 Å². The lowest BCUT2D eigenvalue weighted by molar-refractivity contribution is 0.0661. The molecular formula is C15H17NO3. The lowest BCUT2D eigenvalue weighted by Crippen LogP contribution is -2.17. The van der Waals surface area contributed by atoms with Crippen molar-refractivity contribution in [1.29, 1.82) is 0 Å². The molecule has 4 nitrogen and oxygen atoms in total. The Kier molecular flexibility index (Phi) is 3.60. The molecule has 0 saturated carbocycles. The number of benzene rings is 1. The summed E-state index contributed by atoms with van der Waals surface area (Å²) >= 11 is 0. The van der Waals surface area contributed by atoms with E-state index in [2.05, 4.69) is 26.0 Å². The molecule has 0 spiro atoms. The molecule has 0 aliphatic carbocycles. The summed E-state index contributed by atoms with van der Waals surface area (Å²) in [5, 5.41) is 9.01. The fourth-order valence-corrected chi connectivity index (χ4v) is 1.96. The molecule has 1 heterocycles. The average Bonchev–Trinajstić information content (AvgIpc) is 2.80. The molecule has 19 heavy (non-hydrogen) atoms. The molecule has 0 unspecified atom stereocenters. The number of nitrogens with zero attached hydrogens (tertiary/aromatic N) is 1. The largest absolute Gasteiger partial charge is 0.475 e. The molecule has 0 atom stereocenters. The van der Waals surface area contributed by atoms with Crippen molar-refractivity contribution < 1.29 is 14.3 Å². The van der Waals surface area contributed by atoms with Gasteiger partial charge in [0.2, 0.25) is 5.76 Å². The normalized spacial score (nSPS) is 10.5. The fourth-order valence-electron chi connectivity index (χ4n) is 1.96. The highest BCUT2D eigenvalue weighted by atomic mass is 16.4. The maximum atomic E-state index is 11.0. The molecule has 4 heteroatoms. The number of furan rings is 1. The maximum Gasteiger partial charge on any atom is 0.372 e. The molecule has 0 fully saturated rings. The number of carboxylic acid groups (broad SMARTS) is 1. The summed E-state index contributed by atoms with van der Waals surface area (Å²) in [4.78, 5) is 13.0. The summed E-state index contributed by atoms with van der Waals surface area (Å²) in [6.45, 7) is 4.63. The molecule has 0 radical (unpaired) electrons. The number of rotatable bonds is 4. The molecule has 1 aromatic carbocycles. The molecule has 2 rings (SSSR count). The van der Waals surface area contributed by atoms with Crippen LogP contribution in [0.5, 0.6) is 0 Å². The van der Waals surface area contributed by atoms with Gasteiger partial charge in [0.05, 0.1) is 6.26 Å². The zero-order chi connectivity index (χ0) is 14.0. The molecule has 0 aliphatic heterocycles. The number of carboxylic acids is 1. The van der Waals surface area contributed by atoms with Crippen molar-refractivity contribution in [3.63, 3.8) is 0 Å². The summed E-state index contributed by atoms with van der Waals surface area (Å²) in [6, 6.07) is 7.88.